The quantitative estimate of drug-likeness (QED) is 0.522. The van der Waals surface area contributed by atoms with Crippen molar-refractivity contribution >= 4 is 5.65 Å². The molecule has 126 valence electrons. The first-order valence-corrected chi connectivity index (χ1v) is 8.23. The number of nitrogens with zero attached hydrogens (tertiary/aromatic N) is 4. The second-order valence-electron chi connectivity index (χ2n) is 5.31. The molecule has 0 bridgehead atoms. The number of hydrogen-bond donors (Lipinski definition) is 0. The zero-order valence-electron chi connectivity index (χ0n) is 14.4. The number of aryl methyl sites for hydroxylation is 1. The summed E-state index contributed by atoms with van der Waals surface area (Å²) >= 11 is 0. The van der Waals surface area contributed by atoms with Gasteiger partial charge in [-0.1, -0.05) is 13.8 Å². The van der Waals surface area contributed by atoms with Gasteiger partial charge in [0.1, 0.15) is 11.5 Å². The molecular formula is C20H19FN4. The highest BCUT2D eigenvalue weighted by Gasteiger charge is 2.11. The van der Waals surface area contributed by atoms with Gasteiger partial charge < -0.3 is 4.40 Å². The van der Waals surface area contributed by atoms with Crippen molar-refractivity contribution in [2.45, 2.75) is 20.8 Å². The summed E-state index contributed by atoms with van der Waals surface area (Å²) in [6.07, 6.45) is 7.13. The molecule has 4 rings (SSSR count). The molecule has 5 heteroatoms. The summed E-state index contributed by atoms with van der Waals surface area (Å²) in [5, 5.41) is 0. The number of aromatic nitrogens is 4. The normalized spacial score (nSPS) is 10.4. The number of hydrogen-bond acceptors (Lipinski definition) is 3. The lowest BCUT2D eigenvalue weighted by Crippen LogP contribution is -1.95. The lowest BCUT2D eigenvalue weighted by atomic mass is 10.1. The van der Waals surface area contributed by atoms with Crippen LogP contribution in [0.5, 0.6) is 0 Å². The van der Waals surface area contributed by atoms with E-state index in [-0.39, 0.29) is 5.82 Å². The molecule has 4 aromatic rings. The molecule has 0 aliphatic rings. The van der Waals surface area contributed by atoms with Crippen LogP contribution < -0.4 is 0 Å². The largest absolute Gasteiger partial charge is 0.304 e. The molecule has 0 radical (unpaired) electrons. The Morgan fingerprint density at radius 1 is 0.800 bits per heavy atom. The molecule has 0 N–H and O–H groups in total. The smallest absolute Gasteiger partial charge is 0.136 e. The van der Waals surface area contributed by atoms with E-state index in [1.165, 1.54) is 12.1 Å². The van der Waals surface area contributed by atoms with E-state index >= 15 is 0 Å². The Bertz CT molecular complexity index is 990. The van der Waals surface area contributed by atoms with Crippen molar-refractivity contribution in [3.8, 4) is 22.5 Å². The molecule has 0 spiro atoms. The van der Waals surface area contributed by atoms with E-state index < -0.39 is 0 Å². The highest BCUT2D eigenvalue weighted by molar-refractivity contribution is 5.77. The van der Waals surface area contributed by atoms with Gasteiger partial charge in [0, 0.05) is 41.6 Å². The highest BCUT2D eigenvalue weighted by atomic mass is 19.1. The fourth-order valence-corrected chi connectivity index (χ4v) is 2.61. The predicted octanol–water partition coefficient (Wildman–Crippen LogP) is 4.93. The molecule has 0 saturated carbocycles. The number of rotatable bonds is 2. The summed E-state index contributed by atoms with van der Waals surface area (Å²) in [5.74, 6) is -0.269. The van der Waals surface area contributed by atoms with Crippen molar-refractivity contribution in [2.75, 3.05) is 0 Å². The number of pyridine rings is 1. The monoisotopic (exact) mass is 334 g/mol. The van der Waals surface area contributed by atoms with E-state index in [0.717, 1.165) is 33.9 Å². The molecule has 4 nitrogen and oxygen atoms in total. The number of benzene rings is 1. The Hall–Kier alpha value is -3.08. The van der Waals surface area contributed by atoms with Gasteiger partial charge in [-0.25, -0.2) is 9.37 Å². The van der Waals surface area contributed by atoms with Crippen LogP contribution in [-0.4, -0.2) is 19.4 Å². The minimum atomic E-state index is -0.269. The van der Waals surface area contributed by atoms with Crippen LogP contribution in [0.4, 0.5) is 4.39 Å². The summed E-state index contributed by atoms with van der Waals surface area (Å²) < 4.78 is 15.2. The van der Waals surface area contributed by atoms with Gasteiger partial charge >= 0.3 is 0 Å². The topological polar surface area (TPSA) is 43.1 Å². The van der Waals surface area contributed by atoms with Crippen molar-refractivity contribution in [3.05, 3.63) is 72.7 Å². The molecule has 0 aliphatic heterocycles. The van der Waals surface area contributed by atoms with E-state index in [1.807, 2.05) is 49.7 Å². The van der Waals surface area contributed by atoms with Crippen molar-refractivity contribution in [3.63, 3.8) is 0 Å². The van der Waals surface area contributed by atoms with Crippen LogP contribution in [0.25, 0.3) is 28.2 Å². The predicted molar refractivity (Wildman–Crippen MR) is 97.7 cm³/mol. The van der Waals surface area contributed by atoms with Gasteiger partial charge in [0.15, 0.2) is 0 Å². The molecule has 0 aliphatic carbocycles. The third-order valence-corrected chi connectivity index (χ3v) is 3.78. The Morgan fingerprint density at radius 2 is 1.40 bits per heavy atom. The molecule has 0 fully saturated rings. The van der Waals surface area contributed by atoms with E-state index in [1.54, 1.807) is 24.5 Å². The summed E-state index contributed by atoms with van der Waals surface area (Å²) in [6.45, 7) is 6.00. The van der Waals surface area contributed by atoms with Crippen molar-refractivity contribution in [1.29, 1.82) is 0 Å². The fourth-order valence-electron chi connectivity index (χ4n) is 2.61. The van der Waals surface area contributed by atoms with Gasteiger partial charge in [0.05, 0.1) is 11.4 Å². The second-order valence-corrected chi connectivity index (χ2v) is 5.31. The fraction of sp³-hybridized carbons (Fsp3) is 0.150. The van der Waals surface area contributed by atoms with E-state index in [9.17, 15) is 4.39 Å². The van der Waals surface area contributed by atoms with Crippen LogP contribution >= 0.6 is 0 Å². The minimum absolute atomic E-state index is 0.269. The Balaban J connectivity index is 0.000000880. The maximum atomic E-state index is 13.2. The summed E-state index contributed by atoms with van der Waals surface area (Å²) in [7, 11) is 0. The molecule has 0 saturated heterocycles. The standard InChI is InChI=1S/C18H13FN4.C2H6/c1-12-10-22-16-7-4-14(11-23(12)16)18-17(20-8-9-21-18)13-2-5-15(19)6-3-13;1-2/h2-11H,1H3;1-2H3. The average Bonchev–Trinajstić information content (AvgIpc) is 3.04. The highest BCUT2D eigenvalue weighted by Crippen LogP contribution is 2.28. The summed E-state index contributed by atoms with van der Waals surface area (Å²) in [6, 6.07) is 10.2. The van der Waals surface area contributed by atoms with E-state index in [2.05, 4.69) is 15.0 Å². The SMILES string of the molecule is CC.Cc1cnc2ccc(-c3nccnc3-c3ccc(F)cc3)cn12. The molecule has 1 aromatic carbocycles. The van der Waals surface area contributed by atoms with Crippen molar-refractivity contribution < 1.29 is 4.39 Å². The zero-order valence-corrected chi connectivity index (χ0v) is 14.4. The number of imidazole rings is 1. The molecule has 0 atom stereocenters. The molecule has 0 amide bonds. The average molecular weight is 334 g/mol. The van der Waals surface area contributed by atoms with Crippen LogP contribution in [0.2, 0.25) is 0 Å². The third kappa shape index (κ3) is 3.26. The number of fused-ring (bicyclic) bond motifs is 1. The molecule has 3 aromatic heterocycles. The Morgan fingerprint density at radius 3 is 2.08 bits per heavy atom. The minimum Gasteiger partial charge on any atom is -0.304 e. The first kappa shape index (κ1) is 16.8. The first-order chi connectivity index (χ1) is 12.2. The molecule has 3 heterocycles. The van der Waals surface area contributed by atoms with E-state index in [0.29, 0.717) is 0 Å². The number of halogens is 1. The first-order valence-electron chi connectivity index (χ1n) is 8.23. The van der Waals surface area contributed by atoms with Crippen LogP contribution in [0, 0.1) is 12.7 Å². The lowest BCUT2D eigenvalue weighted by molar-refractivity contribution is 0.628. The molecule has 0 unspecified atom stereocenters. The zero-order chi connectivity index (χ0) is 17.8. The van der Waals surface area contributed by atoms with Gasteiger partial charge in [-0.15, -0.1) is 0 Å². The Labute approximate surface area is 146 Å². The van der Waals surface area contributed by atoms with Crippen molar-refractivity contribution in [1.82, 2.24) is 19.4 Å². The summed E-state index contributed by atoms with van der Waals surface area (Å²) in [5.41, 5.74) is 5.19. The van der Waals surface area contributed by atoms with Crippen LogP contribution in [0.1, 0.15) is 19.5 Å². The summed E-state index contributed by atoms with van der Waals surface area (Å²) in [4.78, 5) is 13.2. The van der Waals surface area contributed by atoms with Crippen LogP contribution in [-0.2, 0) is 0 Å². The van der Waals surface area contributed by atoms with E-state index in [4.69, 9.17) is 0 Å². The van der Waals surface area contributed by atoms with Crippen molar-refractivity contribution in [2.24, 2.45) is 0 Å². The molecule has 25 heavy (non-hydrogen) atoms. The van der Waals surface area contributed by atoms with Crippen LogP contribution in [0.3, 0.4) is 0 Å². The third-order valence-electron chi connectivity index (χ3n) is 3.78. The lowest BCUT2D eigenvalue weighted by Gasteiger charge is -2.08. The van der Waals surface area contributed by atoms with Gasteiger partial charge in [-0.2, -0.15) is 0 Å². The van der Waals surface area contributed by atoms with Crippen LogP contribution in [0.15, 0.2) is 61.2 Å². The van der Waals surface area contributed by atoms with Gasteiger partial charge in [-0.05, 0) is 43.3 Å². The van der Waals surface area contributed by atoms with Gasteiger partial charge in [0.2, 0.25) is 0 Å². The van der Waals surface area contributed by atoms with Gasteiger partial charge in [0.25, 0.3) is 0 Å². The molecular weight excluding hydrogens is 315 g/mol. The maximum absolute atomic E-state index is 13.2. The van der Waals surface area contributed by atoms with Gasteiger partial charge in [-0.3, -0.25) is 9.97 Å². The second kappa shape index (κ2) is 7.21. The Kier molecular flexibility index (Phi) is 4.84. The maximum Gasteiger partial charge on any atom is 0.136 e.